The zero-order valence-corrected chi connectivity index (χ0v) is 10.1. The topological polar surface area (TPSA) is 39.2 Å². The Morgan fingerprint density at radius 3 is 3.00 bits per heavy atom. The average Bonchev–Trinajstić information content (AvgIpc) is 2.39. The fourth-order valence-electron chi connectivity index (χ4n) is 2.07. The van der Waals surface area contributed by atoms with E-state index in [1.165, 1.54) is 13.5 Å². The van der Waals surface area contributed by atoms with Crippen LogP contribution in [0.3, 0.4) is 0 Å². The van der Waals surface area contributed by atoms with Gasteiger partial charge in [-0.05, 0) is 30.2 Å². The van der Waals surface area contributed by atoms with Gasteiger partial charge in [0.25, 0.3) is 0 Å². The third-order valence-electron chi connectivity index (χ3n) is 2.91. The maximum Gasteiger partial charge on any atom is 0.326 e. The van der Waals surface area contributed by atoms with Gasteiger partial charge in [-0.3, -0.25) is 9.78 Å². The largest absolute Gasteiger partial charge is 0.468 e. The maximum absolute atomic E-state index is 12.0. The first-order valence-electron chi connectivity index (χ1n) is 5.42. The van der Waals surface area contributed by atoms with Crippen LogP contribution >= 0.6 is 11.8 Å². The molecule has 0 radical (unpaired) electrons. The fourth-order valence-corrected chi connectivity index (χ4v) is 3.54. The lowest BCUT2D eigenvalue weighted by molar-refractivity contribution is -0.144. The number of nitrogens with zero attached hydrogens (tertiary/aromatic N) is 1. The van der Waals surface area contributed by atoms with Crippen LogP contribution < -0.4 is 0 Å². The third-order valence-corrected chi connectivity index (χ3v) is 4.51. The van der Waals surface area contributed by atoms with Crippen molar-refractivity contribution in [3.63, 3.8) is 0 Å². The normalized spacial score (nSPS) is 25.1. The van der Waals surface area contributed by atoms with Crippen molar-refractivity contribution in [2.75, 3.05) is 12.9 Å². The first-order valence-corrected chi connectivity index (χ1v) is 6.41. The van der Waals surface area contributed by atoms with Crippen LogP contribution in [0.2, 0.25) is 0 Å². The summed E-state index contributed by atoms with van der Waals surface area (Å²) in [5.41, 5.74) is 0.964. The van der Waals surface area contributed by atoms with E-state index in [-0.39, 0.29) is 5.97 Å². The monoisotopic (exact) mass is 237 g/mol. The van der Waals surface area contributed by atoms with Crippen LogP contribution in [0.4, 0.5) is 0 Å². The highest BCUT2D eigenvalue weighted by atomic mass is 32.2. The van der Waals surface area contributed by atoms with E-state index in [2.05, 4.69) is 4.98 Å². The number of hydrogen-bond acceptors (Lipinski definition) is 4. The molecule has 0 aromatic carbocycles. The van der Waals surface area contributed by atoms with Crippen molar-refractivity contribution < 1.29 is 9.53 Å². The molecule has 0 saturated carbocycles. The zero-order valence-electron chi connectivity index (χ0n) is 9.31. The van der Waals surface area contributed by atoms with Crippen LogP contribution in [-0.4, -0.2) is 23.8 Å². The first kappa shape index (κ1) is 11.5. The number of ether oxygens (including phenoxy) is 1. The van der Waals surface area contributed by atoms with E-state index in [1.807, 2.05) is 12.1 Å². The molecule has 0 amide bonds. The van der Waals surface area contributed by atoms with E-state index < -0.39 is 4.75 Å². The van der Waals surface area contributed by atoms with Gasteiger partial charge in [0.05, 0.1) is 7.11 Å². The Morgan fingerprint density at radius 1 is 1.56 bits per heavy atom. The number of thioether (sulfide) groups is 1. The summed E-state index contributed by atoms with van der Waals surface area (Å²) in [5.74, 6) is 0.856. The number of carbonyl (C=O) groups is 1. The number of esters is 1. The minimum absolute atomic E-state index is 0.148. The van der Waals surface area contributed by atoms with Crippen LogP contribution in [0.5, 0.6) is 0 Å². The molecule has 4 heteroatoms. The Hall–Kier alpha value is -1.03. The molecule has 1 aromatic rings. The van der Waals surface area contributed by atoms with Gasteiger partial charge in [0.2, 0.25) is 0 Å². The Balaban J connectivity index is 2.38. The minimum Gasteiger partial charge on any atom is -0.468 e. The second kappa shape index (κ2) is 4.87. The van der Waals surface area contributed by atoms with Crippen LogP contribution in [0.25, 0.3) is 0 Å². The summed E-state index contributed by atoms with van der Waals surface area (Å²) in [7, 11) is 1.45. The third kappa shape index (κ3) is 1.94. The Bertz CT molecular complexity index is 361. The highest BCUT2D eigenvalue weighted by Gasteiger charge is 2.43. The van der Waals surface area contributed by atoms with E-state index in [9.17, 15) is 4.79 Å². The summed E-state index contributed by atoms with van der Waals surface area (Å²) in [6, 6.07) is 3.83. The summed E-state index contributed by atoms with van der Waals surface area (Å²) < 4.78 is 4.43. The lowest BCUT2D eigenvalue weighted by atomic mass is 9.93. The van der Waals surface area contributed by atoms with Crippen molar-refractivity contribution in [2.24, 2.45) is 0 Å². The molecule has 3 nitrogen and oxygen atoms in total. The summed E-state index contributed by atoms with van der Waals surface area (Å²) in [6.07, 6.45) is 6.58. The summed E-state index contributed by atoms with van der Waals surface area (Å²) >= 11 is 1.68. The van der Waals surface area contributed by atoms with Crippen LogP contribution in [0.1, 0.15) is 24.8 Å². The summed E-state index contributed by atoms with van der Waals surface area (Å²) in [5, 5.41) is 0. The lowest BCUT2D eigenvalue weighted by Crippen LogP contribution is -2.36. The predicted octanol–water partition coefficient (Wildman–Crippen LogP) is 2.37. The van der Waals surface area contributed by atoms with E-state index in [0.29, 0.717) is 0 Å². The van der Waals surface area contributed by atoms with Gasteiger partial charge >= 0.3 is 5.97 Å². The average molecular weight is 237 g/mol. The molecule has 0 aliphatic carbocycles. The Labute approximate surface area is 99.6 Å². The Kier molecular flexibility index (Phi) is 3.49. The van der Waals surface area contributed by atoms with Crippen LogP contribution in [0.15, 0.2) is 24.5 Å². The number of hydrogen-bond donors (Lipinski definition) is 0. The molecule has 0 bridgehead atoms. The van der Waals surface area contributed by atoms with Gasteiger partial charge in [0, 0.05) is 12.4 Å². The van der Waals surface area contributed by atoms with Gasteiger partial charge in [0.15, 0.2) is 0 Å². The molecule has 1 aromatic heterocycles. The predicted molar refractivity (Wildman–Crippen MR) is 64.2 cm³/mol. The first-order chi connectivity index (χ1) is 7.79. The molecule has 1 aliphatic rings. The smallest absolute Gasteiger partial charge is 0.326 e. The second-order valence-electron chi connectivity index (χ2n) is 3.87. The van der Waals surface area contributed by atoms with Crippen molar-refractivity contribution in [1.82, 2.24) is 4.98 Å². The number of carbonyl (C=O) groups excluding carboxylic acids is 1. The lowest BCUT2D eigenvalue weighted by Gasteiger charge is -2.33. The second-order valence-corrected chi connectivity index (χ2v) is 5.26. The molecule has 16 heavy (non-hydrogen) atoms. The fraction of sp³-hybridized carbons (Fsp3) is 0.500. The number of aromatic nitrogens is 1. The molecule has 86 valence electrons. The molecule has 1 aliphatic heterocycles. The molecular formula is C12H15NO2S. The van der Waals surface area contributed by atoms with E-state index in [4.69, 9.17) is 4.74 Å². The quantitative estimate of drug-likeness (QED) is 0.740. The highest BCUT2D eigenvalue weighted by molar-refractivity contribution is 8.01. The van der Waals surface area contributed by atoms with Crippen molar-refractivity contribution in [2.45, 2.75) is 24.0 Å². The molecular weight excluding hydrogens is 222 g/mol. The molecule has 2 heterocycles. The minimum atomic E-state index is -0.527. The highest BCUT2D eigenvalue weighted by Crippen LogP contribution is 2.45. The van der Waals surface area contributed by atoms with Crippen molar-refractivity contribution in [3.05, 3.63) is 30.1 Å². The number of pyridine rings is 1. The number of methoxy groups -OCH3 is 1. The molecule has 1 atom stereocenters. The molecule has 0 N–H and O–H groups in total. The molecule has 1 fully saturated rings. The van der Waals surface area contributed by atoms with E-state index >= 15 is 0 Å². The standard InChI is InChI=1S/C12H15NO2S/c1-15-11(14)12(6-2-3-8-16-12)10-5-4-7-13-9-10/h4-5,7,9H,2-3,6,8H2,1H3. The van der Waals surface area contributed by atoms with Gasteiger partial charge in [-0.25, -0.2) is 0 Å². The summed E-state index contributed by atoms with van der Waals surface area (Å²) in [4.78, 5) is 16.1. The van der Waals surface area contributed by atoms with Gasteiger partial charge in [-0.15, -0.1) is 11.8 Å². The molecule has 2 rings (SSSR count). The SMILES string of the molecule is COC(=O)C1(c2cccnc2)CCCCS1. The van der Waals surface area contributed by atoms with Crippen molar-refractivity contribution in [3.8, 4) is 0 Å². The van der Waals surface area contributed by atoms with Crippen LogP contribution in [0, 0.1) is 0 Å². The van der Waals surface area contributed by atoms with E-state index in [1.54, 1.807) is 24.2 Å². The van der Waals surface area contributed by atoms with Crippen LogP contribution in [-0.2, 0) is 14.3 Å². The molecule has 0 spiro atoms. The number of rotatable bonds is 2. The van der Waals surface area contributed by atoms with Crippen molar-refractivity contribution >= 4 is 17.7 Å². The van der Waals surface area contributed by atoms with Gasteiger partial charge in [-0.1, -0.05) is 12.5 Å². The van der Waals surface area contributed by atoms with Gasteiger partial charge < -0.3 is 4.74 Å². The van der Waals surface area contributed by atoms with Gasteiger partial charge in [-0.2, -0.15) is 0 Å². The zero-order chi connectivity index (χ0) is 11.4. The summed E-state index contributed by atoms with van der Waals surface area (Å²) in [6.45, 7) is 0. The Morgan fingerprint density at radius 2 is 2.44 bits per heavy atom. The van der Waals surface area contributed by atoms with Crippen molar-refractivity contribution in [1.29, 1.82) is 0 Å². The van der Waals surface area contributed by atoms with E-state index in [0.717, 1.165) is 24.2 Å². The maximum atomic E-state index is 12.0. The van der Waals surface area contributed by atoms with Gasteiger partial charge in [0.1, 0.15) is 4.75 Å². The molecule has 1 saturated heterocycles. The molecule has 1 unspecified atom stereocenters.